The molecule has 1 aliphatic rings. The Labute approximate surface area is 90.7 Å². The molecule has 0 unspecified atom stereocenters. The van der Waals surface area contributed by atoms with Crippen molar-refractivity contribution in [3.8, 4) is 0 Å². The molecule has 2 atom stereocenters. The molecule has 0 N–H and O–H groups in total. The van der Waals surface area contributed by atoms with Crippen LogP contribution in [0.4, 0.5) is 0 Å². The van der Waals surface area contributed by atoms with E-state index in [9.17, 15) is 4.79 Å². The molecule has 1 aromatic rings. The van der Waals surface area contributed by atoms with Crippen molar-refractivity contribution in [2.24, 2.45) is 11.8 Å². The van der Waals surface area contributed by atoms with Crippen molar-refractivity contribution in [2.45, 2.75) is 32.6 Å². The van der Waals surface area contributed by atoms with E-state index in [0.29, 0.717) is 11.7 Å². The highest BCUT2D eigenvalue weighted by Crippen LogP contribution is 2.27. The zero-order valence-electron chi connectivity index (χ0n) is 9.15. The molecule has 1 aromatic heterocycles. The smallest absolute Gasteiger partial charge is 0.136 e. The van der Waals surface area contributed by atoms with Crippen LogP contribution < -0.4 is 0 Å². The summed E-state index contributed by atoms with van der Waals surface area (Å²) >= 11 is 0. The molecular formula is C13H17NO. The van der Waals surface area contributed by atoms with Gasteiger partial charge >= 0.3 is 0 Å². The van der Waals surface area contributed by atoms with Crippen molar-refractivity contribution in [3.05, 3.63) is 30.1 Å². The SMILES string of the molecule is C[C@@H]1CCC(=O)[C@@H](Cc2ccccn2)C1. The maximum atomic E-state index is 11.7. The van der Waals surface area contributed by atoms with Gasteiger partial charge in [0.25, 0.3) is 0 Å². The predicted octanol–water partition coefficient (Wildman–Crippen LogP) is 2.63. The highest BCUT2D eigenvalue weighted by Gasteiger charge is 2.26. The Morgan fingerprint density at radius 3 is 3.07 bits per heavy atom. The Hall–Kier alpha value is -1.18. The first-order valence-electron chi connectivity index (χ1n) is 5.68. The van der Waals surface area contributed by atoms with Gasteiger partial charge < -0.3 is 0 Å². The minimum atomic E-state index is 0.212. The first kappa shape index (κ1) is 10.3. The number of hydrogen-bond donors (Lipinski definition) is 0. The molecule has 1 heterocycles. The molecule has 0 saturated heterocycles. The quantitative estimate of drug-likeness (QED) is 0.739. The van der Waals surface area contributed by atoms with Crippen LogP contribution in [0.25, 0.3) is 0 Å². The molecule has 15 heavy (non-hydrogen) atoms. The molecule has 2 heteroatoms. The van der Waals surface area contributed by atoms with Crippen molar-refractivity contribution < 1.29 is 4.79 Å². The fourth-order valence-electron chi connectivity index (χ4n) is 2.30. The van der Waals surface area contributed by atoms with Gasteiger partial charge in [0.05, 0.1) is 0 Å². The predicted molar refractivity (Wildman–Crippen MR) is 59.5 cm³/mol. The maximum Gasteiger partial charge on any atom is 0.136 e. The maximum absolute atomic E-state index is 11.7. The van der Waals surface area contributed by atoms with Gasteiger partial charge in [0, 0.05) is 24.2 Å². The number of ketones is 1. The van der Waals surface area contributed by atoms with E-state index >= 15 is 0 Å². The van der Waals surface area contributed by atoms with E-state index in [1.807, 2.05) is 18.2 Å². The van der Waals surface area contributed by atoms with Crippen LogP contribution in [0.5, 0.6) is 0 Å². The molecule has 0 spiro atoms. The number of carbonyl (C=O) groups is 1. The number of aromatic nitrogens is 1. The second-order valence-corrected chi connectivity index (χ2v) is 4.57. The minimum absolute atomic E-state index is 0.212. The van der Waals surface area contributed by atoms with Gasteiger partial charge in [0.15, 0.2) is 0 Å². The van der Waals surface area contributed by atoms with Crippen LogP contribution in [0.2, 0.25) is 0 Å². The summed E-state index contributed by atoms with van der Waals surface area (Å²) < 4.78 is 0. The van der Waals surface area contributed by atoms with E-state index in [-0.39, 0.29) is 5.92 Å². The minimum Gasteiger partial charge on any atom is -0.299 e. The number of hydrogen-bond acceptors (Lipinski definition) is 2. The summed E-state index contributed by atoms with van der Waals surface area (Å²) in [4.78, 5) is 16.0. The third-order valence-electron chi connectivity index (χ3n) is 3.21. The zero-order chi connectivity index (χ0) is 10.7. The molecule has 1 aliphatic carbocycles. The Morgan fingerprint density at radius 1 is 1.47 bits per heavy atom. The lowest BCUT2D eigenvalue weighted by Crippen LogP contribution is -2.25. The van der Waals surface area contributed by atoms with E-state index in [1.165, 1.54) is 0 Å². The summed E-state index contributed by atoms with van der Waals surface area (Å²) in [5.41, 5.74) is 1.05. The molecule has 80 valence electrons. The Balaban J connectivity index is 2.01. The molecule has 0 aromatic carbocycles. The Kier molecular flexibility index (Phi) is 3.14. The topological polar surface area (TPSA) is 30.0 Å². The molecule has 1 fully saturated rings. The Morgan fingerprint density at radius 2 is 2.33 bits per heavy atom. The van der Waals surface area contributed by atoms with Crippen molar-refractivity contribution in [1.82, 2.24) is 4.98 Å². The number of Topliss-reactive ketones (excluding diaryl/α,β-unsaturated/α-hetero) is 1. The average Bonchev–Trinajstić information content (AvgIpc) is 2.25. The van der Waals surface area contributed by atoms with E-state index < -0.39 is 0 Å². The van der Waals surface area contributed by atoms with E-state index in [1.54, 1.807) is 6.20 Å². The van der Waals surface area contributed by atoms with E-state index in [4.69, 9.17) is 0 Å². The first-order valence-corrected chi connectivity index (χ1v) is 5.68. The molecular weight excluding hydrogens is 186 g/mol. The Bertz CT molecular complexity index is 334. The standard InChI is InChI=1S/C13H17NO/c1-10-5-6-13(15)11(8-10)9-12-4-2-3-7-14-12/h2-4,7,10-11H,5-6,8-9H2,1H3/t10-,11-/m1/s1. The third kappa shape index (κ3) is 2.65. The second kappa shape index (κ2) is 4.56. The largest absolute Gasteiger partial charge is 0.299 e. The van der Waals surface area contributed by atoms with Crippen LogP contribution in [0.3, 0.4) is 0 Å². The van der Waals surface area contributed by atoms with Gasteiger partial charge in [-0.2, -0.15) is 0 Å². The highest BCUT2D eigenvalue weighted by molar-refractivity contribution is 5.81. The molecule has 0 aliphatic heterocycles. The fourth-order valence-corrected chi connectivity index (χ4v) is 2.30. The summed E-state index contributed by atoms with van der Waals surface area (Å²) in [6, 6.07) is 5.90. The fraction of sp³-hybridized carbons (Fsp3) is 0.538. The average molecular weight is 203 g/mol. The number of pyridine rings is 1. The summed E-state index contributed by atoms with van der Waals surface area (Å²) in [5, 5.41) is 0. The summed E-state index contributed by atoms with van der Waals surface area (Å²) in [6.07, 6.45) is 5.49. The van der Waals surface area contributed by atoms with E-state index in [2.05, 4.69) is 11.9 Å². The van der Waals surface area contributed by atoms with Gasteiger partial charge in [-0.05, 0) is 37.3 Å². The van der Waals surface area contributed by atoms with Crippen LogP contribution in [0, 0.1) is 11.8 Å². The highest BCUT2D eigenvalue weighted by atomic mass is 16.1. The summed E-state index contributed by atoms with van der Waals surface area (Å²) in [5.74, 6) is 1.33. The van der Waals surface area contributed by atoms with Crippen molar-refractivity contribution >= 4 is 5.78 Å². The molecule has 1 saturated carbocycles. The normalized spacial score (nSPS) is 26.6. The zero-order valence-corrected chi connectivity index (χ0v) is 9.15. The lowest BCUT2D eigenvalue weighted by Gasteiger charge is -2.25. The number of nitrogens with zero attached hydrogens (tertiary/aromatic N) is 1. The molecule has 2 nitrogen and oxygen atoms in total. The lowest BCUT2D eigenvalue weighted by molar-refractivity contribution is -0.125. The molecule has 2 rings (SSSR count). The molecule has 0 amide bonds. The lowest BCUT2D eigenvalue weighted by atomic mass is 9.79. The van der Waals surface area contributed by atoms with Crippen molar-refractivity contribution in [1.29, 1.82) is 0 Å². The van der Waals surface area contributed by atoms with Crippen molar-refractivity contribution in [3.63, 3.8) is 0 Å². The van der Waals surface area contributed by atoms with Gasteiger partial charge in [-0.3, -0.25) is 9.78 Å². The number of carbonyl (C=O) groups excluding carboxylic acids is 1. The second-order valence-electron chi connectivity index (χ2n) is 4.57. The summed E-state index contributed by atoms with van der Waals surface area (Å²) in [7, 11) is 0. The molecule has 0 bridgehead atoms. The van der Waals surface area contributed by atoms with Crippen LogP contribution in [0.15, 0.2) is 24.4 Å². The van der Waals surface area contributed by atoms with Gasteiger partial charge in [-0.25, -0.2) is 0 Å². The van der Waals surface area contributed by atoms with Crippen LogP contribution in [0.1, 0.15) is 31.9 Å². The van der Waals surface area contributed by atoms with Crippen LogP contribution in [-0.4, -0.2) is 10.8 Å². The number of rotatable bonds is 2. The molecule has 0 radical (unpaired) electrons. The van der Waals surface area contributed by atoms with Gasteiger partial charge in [-0.1, -0.05) is 13.0 Å². The van der Waals surface area contributed by atoms with E-state index in [0.717, 1.165) is 31.4 Å². The third-order valence-corrected chi connectivity index (χ3v) is 3.21. The van der Waals surface area contributed by atoms with Gasteiger partial charge in [0.2, 0.25) is 0 Å². The van der Waals surface area contributed by atoms with Crippen LogP contribution in [-0.2, 0) is 11.2 Å². The summed E-state index contributed by atoms with van der Waals surface area (Å²) in [6.45, 7) is 2.23. The van der Waals surface area contributed by atoms with Crippen molar-refractivity contribution in [2.75, 3.05) is 0 Å². The van der Waals surface area contributed by atoms with Crippen LogP contribution >= 0.6 is 0 Å². The monoisotopic (exact) mass is 203 g/mol. The van der Waals surface area contributed by atoms with Gasteiger partial charge in [-0.15, -0.1) is 0 Å². The first-order chi connectivity index (χ1) is 7.25. The van der Waals surface area contributed by atoms with Gasteiger partial charge in [0.1, 0.15) is 5.78 Å².